The number of aryl methyl sites for hydroxylation is 1. The Labute approximate surface area is 107 Å². The smallest absolute Gasteiger partial charge is 0.116 e. The highest BCUT2D eigenvalue weighted by molar-refractivity contribution is 5.77. The van der Waals surface area contributed by atoms with E-state index in [0.29, 0.717) is 5.92 Å². The Morgan fingerprint density at radius 2 is 2.22 bits per heavy atom. The van der Waals surface area contributed by atoms with Crippen molar-refractivity contribution in [1.29, 1.82) is 0 Å². The van der Waals surface area contributed by atoms with Crippen molar-refractivity contribution in [2.24, 2.45) is 5.92 Å². The quantitative estimate of drug-likeness (QED) is 0.888. The van der Waals surface area contributed by atoms with E-state index in [-0.39, 0.29) is 0 Å². The third kappa shape index (κ3) is 2.35. The van der Waals surface area contributed by atoms with Crippen LogP contribution >= 0.6 is 0 Å². The first-order valence-electron chi connectivity index (χ1n) is 6.55. The van der Waals surface area contributed by atoms with Crippen LogP contribution < -0.4 is 0 Å². The molecule has 1 unspecified atom stereocenters. The van der Waals surface area contributed by atoms with Crippen LogP contribution in [0.15, 0.2) is 42.5 Å². The van der Waals surface area contributed by atoms with Gasteiger partial charge in [-0.3, -0.25) is 0 Å². The molecule has 0 spiro atoms. The maximum absolute atomic E-state index is 4.22. The number of benzene rings is 1. The summed E-state index contributed by atoms with van der Waals surface area (Å²) in [5.41, 5.74) is 3.29. The van der Waals surface area contributed by atoms with Crippen LogP contribution in [0.1, 0.15) is 24.8 Å². The summed E-state index contributed by atoms with van der Waals surface area (Å²) in [5, 5.41) is 11.0. The van der Waals surface area contributed by atoms with Crippen molar-refractivity contribution in [2.45, 2.75) is 25.7 Å². The normalized spacial score (nSPS) is 18.6. The zero-order chi connectivity index (χ0) is 12.2. The molecule has 1 heterocycles. The predicted octanol–water partition coefficient (Wildman–Crippen LogP) is 3.41. The third-order valence-corrected chi connectivity index (χ3v) is 3.52. The van der Waals surface area contributed by atoms with Gasteiger partial charge in [-0.15, -0.1) is 0 Å². The van der Waals surface area contributed by atoms with E-state index in [4.69, 9.17) is 0 Å². The van der Waals surface area contributed by atoms with Gasteiger partial charge in [0.25, 0.3) is 0 Å². The Balaban J connectivity index is 1.61. The number of hydrogen-bond donors (Lipinski definition) is 1. The van der Waals surface area contributed by atoms with Crippen molar-refractivity contribution in [2.75, 3.05) is 0 Å². The standard InChI is InChI=1S/C15H17N3/c1-2-6-12(7-3-1)8-4-9-13-10-5-11-14-15(13)17-18-16-14/h1-3,5-6,10-12H,4,7-9H2,(H,16,17,18). The Hall–Kier alpha value is -1.90. The van der Waals surface area contributed by atoms with Crippen LogP contribution in [-0.2, 0) is 6.42 Å². The Kier molecular flexibility index (Phi) is 3.22. The molecule has 3 nitrogen and oxygen atoms in total. The number of hydrogen-bond acceptors (Lipinski definition) is 2. The molecular weight excluding hydrogens is 222 g/mol. The van der Waals surface area contributed by atoms with E-state index in [1.54, 1.807) is 0 Å². The molecule has 0 fully saturated rings. The number of fused-ring (bicyclic) bond motifs is 1. The molecule has 1 N–H and O–H groups in total. The zero-order valence-corrected chi connectivity index (χ0v) is 10.3. The lowest BCUT2D eigenvalue weighted by molar-refractivity contribution is 0.564. The fraction of sp³-hybridized carbons (Fsp3) is 0.333. The summed E-state index contributed by atoms with van der Waals surface area (Å²) in [5.74, 6) is 0.714. The van der Waals surface area contributed by atoms with Crippen LogP contribution in [0.2, 0.25) is 0 Å². The van der Waals surface area contributed by atoms with Gasteiger partial charge in [-0.25, -0.2) is 0 Å². The first-order chi connectivity index (χ1) is 8.93. The highest BCUT2D eigenvalue weighted by atomic mass is 15.3. The van der Waals surface area contributed by atoms with E-state index in [1.165, 1.54) is 24.8 Å². The molecule has 0 saturated carbocycles. The number of nitrogens with one attached hydrogen (secondary N) is 1. The summed E-state index contributed by atoms with van der Waals surface area (Å²) in [4.78, 5) is 0. The van der Waals surface area contributed by atoms with Crippen LogP contribution in [0, 0.1) is 5.92 Å². The maximum Gasteiger partial charge on any atom is 0.116 e. The van der Waals surface area contributed by atoms with E-state index in [0.717, 1.165) is 17.5 Å². The number of allylic oxidation sites excluding steroid dienone is 4. The summed E-state index contributed by atoms with van der Waals surface area (Å²) >= 11 is 0. The fourth-order valence-electron chi connectivity index (χ4n) is 2.53. The fourth-order valence-corrected chi connectivity index (χ4v) is 2.53. The minimum Gasteiger partial charge on any atom is -0.197 e. The van der Waals surface area contributed by atoms with E-state index in [9.17, 15) is 0 Å². The van der Waals surface area contributed by atoms with Gasteiger partial charge in [-0.1, -0.05) is 36.4 Å². The third-order valence-electron chi connectivity index (χ3n) is 3.52. The first-order valence-corrected chi connectivity index (χ1v) is 6.55. The SMILES string of the molecule is C1=CCC(CCCc2cccc3n[nH]nc23)C=C1. The van der Waals surface area contributed by atoms with Crippen molar-refractivity contribution in [3.05, 3.63) is 48.1 Å². The van der Waals surface area contributed by atoms with Gasteiger partial charge < -0.3 is 0 Å². The molecule has 1 atom stereocenters. The Morgan fingerprint density at radius 3 is 3.11 bits per heavy atom. The molecule has 0 aliphatic heterocycles. The maximum atomic E-state index is 4.22. The van der Waals surface area contributed by atoms with Gasteiger partial charge in [0.05, 0.1) is 0 Å². The molecule has 0 amide bonds. The van der Waals surface area contributed by atoms with Crippen molar-refractivity contribution < 1.29 is 0 Å². The molecule has 1 aliphatic rings. The topological polar surface area (TPSA) is 41.6 Å². The van der Waals surface area contributed by atoms with E-state index in [2.05, 4.69) is 51.8 Å². The number of aromatic nitrogens is 3. The average molecular weight is 239 g/mol. The van der Waals surface area contributed by atoms with Crippen LogP contribution in [-0.4, -0.2) is 15.4 Å². The van der Waals surface area contributed by atoms with Crippen molar-refractivity contribution in [3.63, 3.8) is 0 Å². The molecule has 1 aromatic carbocycles. The highest BCUT2D eigenvalue weighted by Crippen LogP contribution is 2.21. The molecule has 0 saturated heterocycles. The largest absolute Gasteiger partial charge is 0.197 e. The second kappa shape index (κ2) is 5.17. The number of H-pyrrole nitrogens is 1. The van der Waals surface area contributed by atoms with Gasteiger partial charge in [0.2, 0.25) is 0 Å². The van der Waals surface area contributed by atoms with E-state index < -0.39 is 0 Å². The van der Waals surface area contributed by atoms with Gasteiger partial charge in [-0.05, 0) is 43.2 Å². The van der Waals surface area contributed by atoms with E-state index >= 15 is 0 Å². The molecule has 0 bridgehead atoms. The molecule has 1 aromatic heterocycles. The van der Waals surface area contributed by atoms with Gasteiger partial charge >= 0.3 is 0 Å². The molecule has 2 aromatic rings. The van der Waals surface area contributed by atoms with Gasteiger partial charge in [0.1, 0.15) is 11.0 Å². The number of rotatable bonds is 4. The van der Waals surface area contributed by atoms with Crippen LogP contribution in [0.5, 0.6) is 0 Å². The minimum atomic E-state index is 0.714. The van der Waals surface area contributed by atoms with Crippen molar-refractivity contribution in [3.8, 4) is 0 Å². The lowest BCUT2D eigenvalue weighted by Crippen LogP contribution is -1.98. The lowest BCUT2D eigenvalue weighted by Gasteiger charge is -2.12. The minimum absolute atomic E-state index is 0.714. The Bertz CT molecular complexity index is 580. The van der Waals surface area contributed by atoms with Crippen molar-refractivity contribution >= 4 is 11.0 Å². The van der Waals surface area contributed by atoms with Gasteiger partial charge in [0, 0.05) is 0 Å². The summed E-state index contributed by atoms with van der Waals surface area (Å²) in [7, 11) is 0. The number of aromatic amines is 1. The zero-order valence-electron chi connectivity index (χ0n) is 10.3. The summed E-state index contributed by atoms with van der Waals surface area (Å²) in [6, 6.07) is 6.21. The Morgan fingerprint density at radius 1 is 1.22 bits per heavy atom. The second-order valence-electron chi connectivity index (χ2n) is 4.81. The van der Waals surface area contributed by atoms with Crippen LogP contribution in [0.3, 0.4) is 0 Å². The molecule has 0 radical (unpaired) electrons. The molecular formula is C15H17N3. The summed E-state index contributed by atoms with van der Waals surface area (Å²) in [6.07, 6.45) is 13.6. The molecule has 18 heavy (non-hydrogen) atoms. The highest BCUT2D eigenvalue weighted by Gasteiger charge is 2.07. The van der Waals surface area contributed by atoms with Crippen LogP contribution in [0.25, 0.3) is 11.0 Å². The molecule has 3 rings (SSSR count). The number of para-hydroxylation sites is 1. The van der Waals surface area contributed by atoms with Crippen molar-refractivity contribution in [1.82, 2.24) is 15.4 Å². The first kappa shape index (κ1) is 11.2. The average Bonchev–Trinajstić information content (AvgIpc) is 2.89. The number of nitrogens with zero attached hydrogens (tertiary/aromatic N) is 2. The van der Waals surface area contributed by atoms with Crippen LogP contribution in [0.4, 0.5) is 0 Å². The second-order valence-corrected chi connectivity index (χ2v) is 4.81. The lowest BCUT2D eigenvalue weighted by atomic mass is 9.93. The molecule has 1 aliphatic carbocycles. The van der Waals surface area contributed by atoms with E-state index in [1.807, 2.05) is 6.07 Å². The molecule has 3 heteroatoms. The monoisotopic (exact) mass is 239 g/mol. The summed E-state index contributed by atoms with van der Waals surface area (Å²) < 4.78 is 0. The molecule has 92 valence electrons. The van der Waals surface area contributed by atoms with Gasteiger partial charge in [-0.2, -0.15) is 15.4 Å². The van der Waals surface area contributed by atoms with Gasteiger partial charge in [0.15, 0.2) is 0 Å². The summed E-state index contributed by atoms with van der Waals surface area (Å²) in [6.45, 7) is 0. The predicted molar refractivity (Wildman–Crippen MR) is 73.2 cm³/mol.